The van der Waals surface area contributed by atoms with Gasteiger partial charge in [-0.2, -0.15) is 0 Å². The van der Waals surface area contributed by atoms with Gasteiger partial charge in [-0.25, -0.2) is 0 Å². The minimum Gasteiger partial charge on any atom is -0.459 e. The highest BCUT2D eigenvalue weighted by atomic mass is 16.6. The monoisotopic (exact) mass is 528 g/mol. The maximum atomic E-state index is 14.3. The van der Waals surface area contributed by atoms with Crippen LogP contribution < -0.4 is 0 Å². The van der Waals surface area contributed by atoms with E-state index in [1.165, 1.54) is 38.5 Å². The fraction of sp³-hybridized carbons (Fsp3) is 0.941. The fourth-order valence-electron chi connectivity index (χ4n) is 11.0. The molecule has 6 aliphatic rings. The molecule has 5 unspecified atom stereocenters. The fourth-order valence-corrected chi connectivity index (χ4v) is 11.0. The first-order valence-corrected chi connectivity index (χ1v) is 16.1. The molecule has 0 radical (unpaired) electrons. The first-order valence-electron chi connectivity index (χ1n) is 16.1. The van der Waals surface area contributed by atoms with Crippen molar-refractivity contribution in [2.75, 3.05) is 0 Å². The van der Waals surface area contributed by atoms with Crippen molar-refractivity contribution in [3.8, 4) is 0 Å². The van der Waals surface area contributed by atoms with Crippen molar-refractivity contribution >= 4 is 11.9 Å². The second-order valence-corrected chi connectivity index (χ2v) is 16.7. The molecule has 0 N–H and O–H groups in total. The maximum Gasteiger partial charge on any atom is 0.312 e. The third-order valence-corrected chi connectivity index (χ3v) is 12.1. The summed E-state index contributed by atoms with van der Waals surface area (Å²) in [6.45, 7) is 17.8. The third kappa shape index (κ3) is 4.87. The number of ether oxygens (including phenoxy) is 2. The summed E-state index contributed by atoms with van der Waals surface area (Å²) in [4.78, 5) is 28.0. The second-order valence-electron chi connectivity index (χ2n) is 16.7. The van der Waals surface area contributed by atoms with Crippen molar-refractivity contribution in [2.24, 2.45) is 51.8 Å². The summed E-state index contributed by atoms with van der Waals surface area (Å²) in [5.74, 6) is 3.49. The van der Waals surface area contributed by atoms with E-state index in [1.807, 2.05) is 0 Å². The number of esters is 2. The summed E-state index contributed by atoms with van der Waals surface area (Å²) in [5, 5.41) is 0. The van der Waals surface area contributed by atoms with E-state index in [-0.39, 0.29) is 17.4 Å². The highest BCUT2D eigenvalue weighted by molar-refractivity contribution is 5.79. The molecule has 38 heavy (non-hydrogen) atoms. The zero-order valence-electron chi connectivity index (χ0n) is 25.8. The third-order valence-electron chi connectivity index (χ3n) is 12.1. The average molecular weight is 529 g/mol. The Morgan fingerprint density at radius 2 is 1.42 bits per heavy atom. The zero-order chi connectivity index (χ0) is 27.7. The van der Waals surface area contributed by atoms with Crippen molar-refractivity contribution in [3.63, 3.8) is 0 Å². The van der Waals surface area contributed by atoms with E-state index in [0.717, 1.165) is 44.4 Å². The van der Waals surface area contributed by atoms with Gasteiger partial charge in [0.1, 0.15) is 11.2 Å². The van der Waals surface area contributed by atoms with Crippen molar-refractivity contribution < 1.29 is 19.1 Å². The normalized spacial score (nSPS) is 43.6. The Morgan fingerprint density at radius 1 is 0.842 bits per heavy atom. The van der Waals surface area contributed by atoms with Gasteiger partial charge in [-0.3, -0.25) is 9.59 Å². The quantitative estimate of drug-likeness (QED) is 0.296. The number of carbonyl (C=O) groups is 2. The molecule has 0 saturated heterocycles. The molecular formula is C34H56O4. The summed E-state index contributed by atoms with van der Waals surface area (Å²) < 4.78 is 13.3. The molecule has 0 heterocycles. The molecule has 6 rings (SSSR count). The van der Waals surface area contributed by atoms with E-state index >= 15 is 0 Å². The van der Waals surface area contributed by atoms with Crippen molar-refractivity contribution in [1.82, 2.24) is 0 Å². The van der Waals surface area contributed by atoms with E-state index < -0.39 is 22.0 Å². The van der Waals surface area contributed by atoms with Crippen LogP contribution in [0.15, 0.2) is 0 Å². The van der Waals surface area contributed by atoms with Gasteiger partial charge in [-0.05, 0) is 133 Å². The topological polar surface area (TPSA) is 52.6 Å². The smallest absolute Gasteiger partial charge is 0.312 e. The zero-order valence-corrected chi connectivity index (χ0v) is 25.8. The Bertz CT molecular complexity index is 899. The van der Waals surface area contributed by atoms with Gasteiger partial charge < -0.3 is 9.47 Å². The van der Waals surface area contributed by atoms with Gasteiger partial charge >= 0.3 is 11.9 Å². The van der Waals surface area contributed by atoms with Crippen LogP contribution in [-0.4, -0.2) is 23.1 Å². The van der Waals surface area contributed by atoms with Crippen LogP contribution in [0.5, 0.6) is 0 Å². The molecule has 0 aromatic heterocycles. The summed E-state index contributed by atoms with van der Waals surface area (Å²) in [7, 11) is 0. The molecule has 6 aliphatic carbocycles. The van der Waals surface area contributed by atoms with Crippen LogP contribution in [0, 0.1) is 51.8 Å². The SMILES string of the molecule is CCC(C)(CC(C)C)C(=O)OC12CC3CC(C1)CC(C(=O)OC(C)(C)C14CC(C)CC(CC(C)C1)C4)(C3)C2. The van der Waals surface area contributed by atoms with Gasteiger partial charge in [0.25, 0.3) is 0 Å². The number of hydrogen-bond donors (Lipinski definition) is 0. The molecule has 5 atom stereocenters. The minimum absolute atomic E-state index is 0.0137. The van der Waals surface area contributed by atoms with Gasteiger partial charge in [0.15, 0.2) is 0 Å². The van der Waals surface area contributed by atoms with Crippen LogP contribution in [0.1, 0.15) is 139 Å². The van der Waals surface area contributed by atoms with Gasteiger partial charge in [0.2, 0.25) is 0 Å². The lowest BCUT2D eigenvalue weighted by molar-refractivity contribution is -0.232. The van der Waals surface area contributed by atoms with Gasteiger partial charge in [-0.1, -0.05) is 34.6 Å². The molecule has 0 aromatic rings. The predicted molar refractivity (Wildman–Crippen MR) is 151 cm³/mol. The molecule has 0 aromatic carbocycles. The average Bonchev–Trinajstić information content (AvgIpc) is 2.75. The maximum absolute atomic E-state index is 14.3. The van der Waals surface area contributed by atoms with Crippen molar-refractivity contribution in [1.29, 1.82) is 0 Å². The van der Waals surface area contributed by atoms with Gasteiger partial charge in [0, 0.05) is 11.8 Å². The largest absolute Gasteiger partial charge is 0.459 e. The summed E-state index contributed by atoms with van der Waals surface area (Å²) >= 11 is 0. The molecule has 216 valence electrons. The van der Waals surface area contributed by atoms with Crippen LogP contribution in [0.4, 0.5) is 0 Å². The molecule has 4 nitrogen and oxygen atoms in total. The summed E-state index contributed by atoms with van der Waals surface area (Å²) in [6, 6.07) is 0. The second kappa shape index (κ2) is 9.51. The Morgan fingerprint density at radius 3 is 1.95 bits per heavy atom. The van der Waals surface area contributed by atoms with E-state index in [1.54, 1.807) is 0 Å². The summed E-state index contributed by atoms with van der Waals surface area (Å²) in [5.41, 5.74) is -1.83. The van der Waals surface area contributed by atoms with E-state index in [2.05, 4.69) is 55.4 Å². The highest BCUT2D eigenvalue weighted by Gasteiger charge is 2.65. The van der Waals surface area contributed by atoms with E-state index in [4.69, 9.17) is 9.47 Å². The number of hydrogen-bond acceptors (Lipinski definition) is 4. The molecule has 6 bridgehead atoms. The van der Waals surface area contributed by atoms with Crippen LogP contribution in [0.3, 0.4) is 0 Å². The molecule has 0 amide bonds. The summed E-state index contributed by atoms with van der Waals surface area (Å²) in [6.07, 6.45) is 13.3. The minimum atomic E-state index is -0.487. The first-order chi connectivity index (χ1) is 17.6. The molecular weight excluding hydrogens is 472 g/mol. The molecule has 6 fully saturated rings. The Balaban J connectivity index is 1.37. The molecule has 4 heteroatoms. The lowest BCUT2D eigenvalue weighted by Gasteiger charge is -2.61. The van der Waals surface area contributed by atoms with Crippen LogP contribution in [0.2, 0.25) is 0 Å². The molecule has 6 saturated carbocycles. The Hall–Kier alpha value is -1.06. The lowest BCUT2D eigenvalue weighted by Crippen LogP contribution is -2.62. The number of rotatable bonds is 8. The molecule has 0 aliphatic heterocycles. The van der Waals surface area contributed by atoms with Crippen LogP contribution in [-0.2, 0) is 19.1 Å². The van der Waals surface area contributed by atoms with Gasteiger partial charge in [0.05, 0.1) is 10.8 Å². The number of carbonyl (C=O) groups excluding carboxylic acids is 2. The van der Waals surface area contributed by atoms with E-state index in [0.29, 0.717) is 36.0 Å². The lowest BCUT2D eigenvalue weighted by atomic mass is 9.47. The number of fused-ring (bicyclic) bond motifs is 2. The van der Waals surface area contributed by atoms with Crippen LogP contribution in [0.25, 0.3) is 0 Å². The van der Waals surface area contributed by atoms with Crippen molar-refractivity contribution in [2.45, 2.75) is 150 Å². The Kier molecular flexibility index (Phi) is 7.12. The predicted octanol–water partition coefficient (Wildman–Crippen LogP) is 8.51. The first kappa shape index (κ1) is 28.5. The highest BCUT2D eigenvalue weighted by Crippen LogP contribution is 2.65. The Labute approximate surface area is 232 Å². The molecule has 0 spiro atoms. The van der Waals surface area contributed by atoms with Crippen LogP contribution >= 0.6 is 0 Å². The van der Waals surface area contributed by atoms with Crippen molar-refractivity contribution in [3.05, 3.63) is 0 Å². The standard InChI is InChI=1S/C34H56O4/c1-9-31(8,13-22(2)3)28(35)38-34-19-26-12-27(20-34)17-32(16-26,21-34)29(36)37-30(6,7)33-14-23(4)10-25(18-33)11-24(5)15-33/h22-27H,9-21H2,1-8H3. The van der Waals surface area contributed by atoms with Gasteiger partial charge in [-0.15, -0.1) is 0 Å². The van der Waals surface area contributed by atoms with E-state index in [9.17, 15) is 9.59 Å².